The molecule has 114 valence electrons. The number of aromatic nitrogens is 2. The lowest BCUT2D eigenvalue weighted by molar-refractivity contribution is 0.101. The second-order valence-corrected chi connectivity index (χ2v) is 5.41. The van der Waals surface area contributed by atoms with Gasteiger partial charge in [-0.25, -0.2) is 0 Å². The number of aromatic amines is 1. The fraction of sp³-hybridized carbons (Fsp3) is 0.105. The highest BCUT2D eigenvalue weighted by atomic mass is 16.1. The van der Waals surface area contributed by atoms with Crippen LogP contribution < -0.4 is 0 Å². The van der Waals surface area contributed by atoms with Crippen molar-refractivity contribution in [1.82, 2.24) is 9.97 Å². The lowest BCUT2D eigenvalue weighted by atomic mass is 10.00. The number of nitrogens with one attached hydrogen (secondary N) is 1. The molecule has 0 spiro atoms. The summed E-state index contributed by atoms with van der Waals surface area (Å²) in [5.74, 6) is 0.00789. The first kappa shape index (κ1) is 14.9. The molecule has 1 N–H and O–H groups in total. The van der Waals surface area contributed by atoms with Gasteiger partial charge in [0, 0.05) is 34.8 Å². The van der Waals surface area contributed by atoms with Crippen LogP contribution in [-0.4, -0.2) is 22.0 Å². The van der Waals surface area contributed by atoms with E-state index in [0.717, 1.165) is 34.4 Å². The summed E-state index contributed by atoms with van der Waals surface area (Å²) in [6.45, 7) is 3.50. The highest BCUT2D eigenvalue weighted by Gasteiger charge is 2.19. The molecule has 3 aromatic rings. The maximum absolute atomic E-state index is 12.1. The van der Waals surface area contributed by atoms with Gasteiger partial charge in [0.15, 0.2) is 5.78 Å². The van der Waals surface area contributed by atoms with Crippen molar-refractivity contribution < 1.29 is 9.59 Å². The maximum Gasteiger partial charge on any atom is 0.162 e. The SMILES string of the molecule is CC(=O)c1c(-c2ccc(C=O)cc2)[nH]c(-c2ccncc2)c1C. The largest absolute Gasteiger partial charge is 0.354 e. The van der Waals surface area contributed by atoms with Crippen molar-refractivity contribution in [2.24, 2.45) is 0 Å². The second kappa shape index (κ2) is 6.01. The molecule has 0 radical (unpaired) electrons. The van der Waals surface area contributed by atoms with Crippen LogP contribution in [0.15, 0.2) is 48.8 Å². The number of Topliss-reactive ketones (excluding diaryl/α,β-unsaturated/α-hetero) is 1. The quantitative estimate of drug-likeness (QED) is 0.584. The number of benzene rings is 1. The molecule has 4 heteroatoms. The van der Waals surface area contributed by atoms with Gasteiger partial charge in [0.05, 0.1) is 5.69 Å². The van der Waals surface area contributed by atoms with Crippen molar-refractivity contribution in [2.45, 2.75) is 13.8 Å². The van der Waals surface area contributed by atoms with Gasteiger partial charge in [-0.3, -0.25) is 14.6 Å². The minimum Gasteiger partial charge on any atom is -0.354 e. The number of ketones is 1. The van der Waals surface area contributed by atoms with Crippen LogP contribution in [0.25, 0.3) is 22.5 Å². The Balaban J connectivity index is 2.19. The number of hydrogen-bond donors (Lipinski definition) is 1. The summed E-state index contributed by atoms with van der Waals surface area (Å²) in [5.41, 5.74) is 5.75. The number of H-pyrrole nitrogens is 1. The topological polar surface area (TPSA) is 62.8 Å². The predicted octanol–water partition coefficient (Wildman–Crippen LogP) is 4.07. The highest BCUT2D eigenvalue weighted by molar-refractivity contribution is 6.03. The van der Waals surface area contributed by atoms with Gasteiger partial charge in [0.2, 0.25) is 0 Å². The number of carbonyl (C=O) groups excluding carboxylic acids is 2. The van der Waals surface area contributed by atoms with Crippen LogP contribution >= 0.6 is 0 Å². The Labute approximate surface area is 134 Å². The highest BCUT2D eigenvalue weighted by Crippen LogP contribution is 2.33. The average Bonchev–Trinajstić information content (AvgIpc) is 2.93. The van der Waals surface area contributed by atoms with Crippen molar-refractivity contribution in [2.75, 3.05) is 0 Å². The van der Waals surface area contributed by atoms with Gasteiger partial charge < -0.3 is 4.98 Å². The summed E-state index contributed by atoms with van der Waals surface area (Å²) in [5, 5.41) is 0. The van der Waals surface area contributed by atoms with Gasteiger partial charge in [-0.1, -0.05) is 24.3 Å². The summed E-state index contributed by atoms with van der Waals surface area (Å²) in [6, 6.07) is 11.0. The third-order valence-corrected chi connectivity index (χ3v) is 3.91. The van der Waals surface area contributed by atoms with Crippen LogP contribution in [0, 0.1) is 6.92 Å². The molecule has 0 unspecified atom stereocenters. The molecule has 1 aromatic carbocycles. The van der Waals surface area contributed by atoms with Crippen molar-refractivity contribution >= 4 is 12.1 Å². The van der Waals surface area contributed by atoms with E-state index in [0.29, 0.717) is 11.1 Å². The lowest BCUT2D eigenvalue weighted by Crippen LogP contribution is -1.96. The molecule has 0 fully saturated rings. The predicted molar refractivity (Wildman–Crippen MR) is 89.6 cm³/mol. The van der Waals surface area contributed by atoms with E-state index in [1.54, 1.807) is 31.5 Å². The molecule has 0 bridgehead atoms. The van der Waals surface area contributed by atoms with Crippen molar-refractivity contribution in [3.05, 3.63) is 65.5 Å². The van der Waals surface area contributed by atoms with Gasteiger partial charge in [0.1, 0.15) is 6.29 Å². The molecule has 0 aliphatic heterocycles. The summed E-state index contributed by atoms with van der Waals surface area (Å²) < 4.78 is 0. The minimum absolute atomic E-state index is 0.00789. The molecular weight excluding hydrogens is 288 g/mol. The lowest BCUT2D eigenvalue weighted by Gasteiger charge is -2.02. The molecule has 0 aliphatic rings. The molecule has 0 saturated carbocycles. The molecule has 0 aliphatic carbocycles. The molecule has 0 saturated heterocycles. The van der Waals surface area contributed by atoms with E-state index in [2.05, 4.69) is 9.97 Å². The zero-order chi connectivity index (χ0) is 16.4. The van der Waals surface area contributed by atoms with Crippen LogP contribution in [0.5, 0.6) is 0 Å². The molecule has 23 heavy (non-hydrogen) atoms. The first-order valence-corrected chi connectivity index (χ1v) is 7.31. The minimum atomic E-state index is 0.00789. The van der Waals surface area contributed by atoms with E-state index in [4.69, 9.17) is 0 Å². The van der Waals surface area contributed by atoms with E-state index in [9.17, 15) is 9.59 Å². The Morgan fingerprint density at radius 1 is 1.00 bits per heavy atom. The van der Waals surface area contributed by atoms with Crippen molar-refractivity contribution in [1.29, 1.82) is 0 Å². The number of pyridine rings is 1. The average molecular weight is 304 g/mol. The first-order valence-electron chi connectivity index (χ1n) is 7.31. The van der Waals surface area contributed by atoms with Crippen LogP contribution in [-0.2, 0) is 0 Å². The number of rotatable bonds is 4. The first-order chi connectivity index (χ1) is 11.1. The van der Waals surface area contributed by atoms with E-state index in [1.165, 1.54) is 0 Å². The van der Waals surface area contributed by atoms with E-state index in [-0.39, 0.29) is 5.78 Å². The normalized spacial score (nSPS) is 10.5. The summed E-state index contributed by atoms with van der Waals surface area (Å²) in [6.07, 6.45) is 4.25. The number of carbonyl (C=O) groups is 2. The smallest absolute Gasteiger partial charge is 0.162 e. The van der Waals surface area contributed by atoms with E-state index >= 15 is 0 Å². The van der Waals surface area contributed by atoms with Gasteiger partial charge >= 0.3 is 0 Å². The Hall–Kier alpha value is -3.01. The second-order valence-electron chi connectivity index (χ2n) is 5.41. The Kier molecular flexibility index (Phi) is 3.89. The third-order valence-electron chi connectivity index (χ3n) is 3.91. The zero-order valence-electron chi connectivity index (χ0n) is 13.0. The summed E-state index contributed by atoms with van der Waals surface area (Å²) >= 11 is 0. The molecular formula is C19H16N2O2. The van der Waals surface area contributed by atoms with Crippen LogP contribution in [0.2, 0.25) is 0 Å². The molecule has 3 rings (SSSR count). The summed E-state index contributed by atoms with van der Waals surface area (Å²) in [7, 11) is 0. The van der Waals surface area contributed by atoms with Crippen molar-refractivity contribution in [3.8, 4) is 22.5 Å². The Bertz CT molecular complexity index is 862. The maximum atomic E-state index is 12.1. The van der Waals surface area contributed by atoms with Crippen LogP contribution in [0.3, 0.4) is 0 Å². The molecule has 0 amide bonds. The van der Waals surface area contributed by atoms with E-state index < -0.39 is 0 Å². The number of nitrogens with zero attached hydrogens (tertiary/aromatic N) is 1. The number of hydrogen-bond acceptors (Lipinski definition) is 3. The Morgan fingerprint density at radius 3 is 2.17 bits per heavy atom. The Morgan fingerprint density at radius 2 is 1.61 bits per heavy atom. The fourth-order valence-corrected chi connectivity index (χ4v) is 2.79. The monoisotopic (exact) mass is 304 g/mol. The van der Waals surface area contributed by atoms with Crippen molar-refractivity contribution in [3.63, 3.8) is 0 Å². The third kappa shape index (κ3) is 2.71. The van der Waals surface area contributed by atoms with Crippen LogP contribution in [0.4, 0.5) is 0 Å². The van der Waals surface area contributed by atoms with Gasteiger partial charge in [-0.05, 0) is 37.1 Å². The van der Waals surface area contributed by atoms with Gasteiger partial charge in [-0.2, -0.15) is 0 Å². The molecule has 2 heterocycles. The number of aldehydes is 1. The van der Waals surface area contributed by atoms with Gasteiger partial charge in [0.25, 0.3) is 0 Å². The summed E-state index contributed by atoms with van der Waals surface area (Å²) in [4.78, 5) is 30.3. The molecule has 4 nitrogen and oxygen atoms in total. The molecule has 2 aromatic heterocycles. The van der Waals surface area contributed by atoms with Gasteiger partial charge in [-0.15, -0.1) is 0 Å². The fourth-order valence-electron chi connectivity index (χ4n) is 2.79. The zero-order valence-corrected chi connectivity index (χ0v) is 13.0. The van der Waals surface area contributed by atoms with Crippen LogP contribution in [0.1, 0.15) is 33.2 Å². The van der Waals surface area contributed by atoms with E-state index in [1.807, 2.05) is 31.2 Å². The standard InChI is InChI=1S/C19H16N2O2/c1-12-17(13(2)23)19(15-5-3-14(11-22)4-6-15)21-18(12)16-7-9-20-10-8-16/h3-11,21H,1-2H3. The molecule has 0 atom stereocenters.